The van der Waals surface area contributed by atoms with Gasteiger partial charge in [-0.2, -0.15) is 5.26 Å². The van der Waals surface area contributed by atoms with Crippen molar-refractivity contribution in [2.75, 3.05) is 13.2 Å². The summed E-state index contributed by atoms with van der Waals surface area (Å²) < 4.78 is 5.40. The zero-order chi connectivity index (χ0) is 15.5. The van der Waals surface area contributed by atoms with Gasteiger partial charge in [-0.15, -0.1) is 0 Å². The Balaban J connectivity index is 2.35. The van der Waals surface area contributed by atoms with E-state index in [0.29, 0.717) is 23.8 Å². The molecule has 1 unspecified atom stereocenters. The van der Waals surface area contributed by atoms with Crippen molar-refractivity contribution in [3.63, 3.8) is 0 Å². The summed E-state index contributed by atoms with van der Waals surface area (Å²) in [5.74, 6) is 0.839. The number of nitriles is 1. The molecule has 0 fully saturated rings. The fraction of sp³-hybridized carbons (Fsp3) is 0.529. The first-order valence-corrected chi connectivity index (χ1v) is 7.59. The zero-order valence-electron chi connectivity index (χ0n) is 12.9. The number of unbranched alkanes of at least 4 members (excludes halogenated alkanes) is 1. The summed E-state index contributed by atoms with van der Waals surface area (Å²) in [7, 11) is 0. The number of hydrogen-bond acceptors (Lipinski definition) is 3. The zero-order valence-corrected chi connectivity index (χ0v) is 12.9. The van der Waals surface area contributed by atoms with Crippen LogP contribution in [0, 0.1) is 17.2 Å². The van der Waals surface area contributed by atoms with Gasteiger partial charge in [0, 0.05) is 6.54 Å². The minimum atomic E-state index is -0.141. The van der Waals surface area contributed by atoms with E-state index in [-0.39, 0.29) is 12.5 Å². The molecule has 0 spiro atoms. The van der Waals surface area contributed by atoms with Crippen LogP contribution in [0.1, 0.15) is 45.1 Å². The van der Waals surface area contributed by atoms with Crippen molar-refractivity contribution in [3.05, 3.63) is 29.8 Å². The van der Waals surface area contributed by atoms with Crippen LogP contribution in [0.4, 0.5) is 0 Å². The Hall–Kier alpha value is -2.02. The monoisotopic (exact) mass is 288 g/mol. The fourth-order valence-corrected chi connectivity index (χ4v) is 2.08. The molecule has 0 aromatic heterocycles. The van der Waals surface area contributed by atoms with Gasteiger partial charge in [0.25, 0.3) is 5.91 Å². The smallest absolute Gasteiger partial charge is 0.257 e. The lowest BCUT2D eigenvalue weighted by atomic mass is 9.99. The highest BCUT2D eigenvalue weighted by Gasteiger charge is 2.09. The largest absolute Gasteiger partial charge is 0.482 e. The second-order valence-corrected chi connectivity index (χ2v) is 5.12. The Morgan fingerprint density at radius 1 is 1.38 bits per heavy atom. The molecule has 1 atom stereocenters. The van der Waals surface area contributed by atoms with E-state index in [4.69, 9.17) is 10.00 Å². The van der Waals surface area contributed by atoms with Crippen molar-refractivity contribution in [3.8, 4) is 11.8 Å². The molecule has 1 aromatic rings. The number of carbonyl (C=O) groups excluding carboxylic acids is 1. The molecule has 4 nitrogen and oxygen atoms in total. The maximum Gasteiger partial charge on any atom is 0.257 e. The quantitative estimate of drug-likeness (QED) is 0.758. The summed E-state index contributed by atoms with van der Waals surface area (Å²) in [5.41, 5.74) is 0.444. The third-order valence-electron chi connectivity index (χ3n) is 3.50. The van der Waals surface area contributed by atoms with Crippen LogP contribution in [0.5, 0.6) is 5.75 Å². The Kier molecular flexibility index (Phi) is 7.96. The Morgan fingerprint density at radius 2 is 2.14 bits per heavy atom. The first-order chi connectivity index (χ1) is 10.2. The average molecular weight is 288 g/mol. The van der Waals surface area contributed by atoms with Crippen LogP contribution >= 0.6 is 0 Å². The van der Waals surface area contributed by atoms with E-state index in [2.05, 4.69) is 19.2 Å². The van der Waals surface area contributed by atoms with E-state index in [0.717, 1.165) is 12.8 Å². The Morgan fingerprint density at radius 3 is 2.81 bits per heavy atom. The summed E-state index contributed by atoms with van der Waals surface area (Å²) in [5, 5.41) is 11.8. The number of benzene rings is 1. The van der Waals surface area contributed by atoms with E-state index in [1.54, 1.807) is 24.3 Å². The molecule has 0 saturated carbocycles. The molecule has 4 heteroatoms. The number of rotatable bonds is 9. The normalized spacial score (nSPS) is 11.5. The molecule has 0 heterocycles. The summed E-state index contributed by atoms with van der Waals surface area (Å²) in [6.45, 7) is 4.96. The predicted octanol–water partition coefficient (Wildman–Crippen LogP) is 3.27. The van der Waals surface area contributed by atoms with Crippen LogP contribution in [-0.4, -0.2) is 19.1 Å². The summed E-state index contributed by atoms with van der Waals surface area (Å²) >= 11 is 0. The first-order valence-electron chi connectivity index (χ1n) is 7.59. The summed E-state index contributed by atoms with van der Waals surface area (Å²) in [6, 6.07) is 8.97. The number of ether oxygens (including phenoxy) is 1. The molecule has 0 bridgehead atoms. The molecule has 1 amide bonds. The van der Waals surface area contributed by atoms with Gasteiger partial charge in [0.2, 0.25) is 0 Å². The maximum atomic E-state index is 11.8. The lowest BCUT2D eigenvalue weighted by molar-refractivity contribution is -0.123. The van der Waals surface area contributed by atoms with Crippen molar-refractivity contribution in [2.24, 2.45) is 5.92 Å². The van der Waals surface area contributed by atoms with Crippen LogP contribution in [0.25, 0.3) is 0 Å². The third-order valence-corrected chi connectivity index (χ3v) is 3.50. The molecular weight excluding hydrogens is 264 g/mol. The molecule has 0 aliphatic carbocycles. The molecule has 0 radical (unpaired) electrons. The number of carbonyl (C=O) groups is 1. The van der Waals surface area contributed by atoms with E-state index in [1.807, 2.05) is 6.07 Å². The second kappa shape index (κ2) is 9.82. The van der Waals surface area contributed by atoms with E-state index < -0.39 is 0 Å². The molecule has 0 aliphatic heterocycles. The highest BCUT2D eigenvalue weighted by molar-refractivity contribution is 5.77. The first kappa shape index (κ1) is 17.0. The van der Waals surface area contributed by atoms with Crippen molar-refractivity contribution in [1.29, 1.82) is 5.26 Å². The number of para-hydroxylation sites is 1. The molecule has 21 heavy (non-hydrogen) atoms. The van der Waals surface area contributed by atoms with Gasteiger partial charge in [0.1, 0.15) is 11.8 Å². The number of hydrogen-bond donors (Lipinski definition) is 1. The summed E-state index contributed by atoms with van der Waals surface area (Å²) in [6.07, 6.45) is 4.59. The van der Waals surface area contributed by atoms with Crippen LogP contribution in [0.2, 0.25) is 0 Å². The second-order valence-electron chi connectivity index (χ2n) is 5.12. The lowest BCUT2D eigenvalue weighted by Crippen LogP contribution is -2.33. The van der Waals surface area contributed by atoms with Crippen LogP contribution in [-0.2, 0) is 4.79 Å². The molecule has 114 valence electrons. The number of nitrogens with one attached hydrogen (secondary N) is 1. The molecule has 0 saturated heterocycles. The van der Waals surface area contributed by atoms with Gasteiger partial charge in [0.15, 0.2) is 6.61 Å². The van der Waals surface area contributed by atoms with Crippen LogP contribution in [0.15, 0.2) is 24.3 Å². The van der Waals surface area contributed by atoms with Gasteiger partial charge < -0.3 is 10.1 Å². The molecule has 1 N–H and O–H groups in total. The SMILES string of the molecule is CCCCC(CC)CNC(=O)COc1ccccc1C#N. The number of nitrogens with zero attached hydrogens (tertiary/aromatic N) is 1. The Bertz CT molecular complexity index is 480. The van der Waals surface area contributed by atoms with Gasteiger partial charge in [-0.1, -0.05) is 45.2 Å². The van der Waals surface area contributed by atoms with Crippen molar-refractivity contribution < 1.29 is 9.53 Å². The fourth-order valence-electron chi connectivity index (χ4n) is 2.08. The van der Waals surface area contributed by atoms with E-state index in [1.165, 1.54) is 12.8 Å². The molecule has 0 aliphatic rings. The molecular formula is C17H24N2O2. The number of amides is 1. The van der Waals surface area contributed by atoms with Gasteiger partial charge >= 0.3 is 0 Å². The summed E-state index contributed by atoms with van der Waals surface area (Å²) in [4.78, 5) is 11.8. The topological polar surface area (TPSA) is 62.1 Å². The molecule has 1 rings (SSSR count). The minimum absolute atomic E-state index is 0.0527. The van der Waals surface area contributed by atoms with Gasteiger partial charge in [-0.05, 0) is 24.5 Å². The van der Waals surface area contributed by atoms with E-state index >= 15 is 0 Å². The van der Waals surface area contributed by atoms with E-state index in [9.17, 15) is 4.79 Å². The van der Waals surface area contributed by atoms with Crippen molar-refractivity contribution >= 4 is 5.91 Å². The predicted molar refractivity (Wildman–Crippen MR) is 83.0 cm³/mol. The van der Waals surface area contributed by atoms with Crippen LogP contribution < -0.4 is 10.1 Å². The average Bonchev–Trinajstić information content (AvgIpc) is 2.53. The lowest BCUT2D eigenvalue weighted by Gasteiger charge is -2.15. The maximum absolute atomic E-state index is 11.8. The highest BCUT2D eigenvalue weighted by Crippen LogP contribution is 2.16. The standard InChI is InChI=1S/C17H24N2O2/c1-3-5-8-14(4-2)12-19-17(20)13-21-16-10-7-6-9-15(16)11-18/h6-7,9-10,14H,3-5,8,12-13H2,1-2H3,(H,19,20). The van der Waals surface area contributed by atoms with Gasteiger partial charge in [-0.25, -0.2) is 0 Å². The Labute approximate surface area is 127 Å². The third kappa shape index (κ3) is 6.31. The van der Waals surface area contributed by atoms with Gasteiger partial charge in [-0.3, -0.25) is 4.79 Å². The highest BCUT2D eigenvalue weighted by atomic mass is 16.5. The molecule has 1 aromatic carbocycles. The van der Waals surface area contributed by atoms with Crippen molar-refractivity contribution in [1.82, 2.24) is 5.32 Å². The van der Waals surface area contributed by atoms with Gasteiger partial charge in [0.05, 0.1) is 5.56 Å². The van der Waals surface area contributed by atoms with Crippen molar-refractivity contribution in [2.45, 2.75) is 39.5 Å². The van der Waals surface area contributed by atoms with Crippen LogP contribution in [0.3, 0.4) is 0 Å². The minimum Gasteiger partial charge on any atom is -0.482 e.